The van der Waals surface area contributed by atoms with Gasteiger partial charge in [0.25, 0.3) is 0 Å². The molecule has 138 valence electrons. The van der Waals surface area contributed by atoms with Crippen LogP contribution in [0.25, 0.3) is 5.69 Å². The Bertz CT molecular complexity index is 992. The lowest BCUT2D eigenvalue weighted by atomic mass is 9.87. The summed E-state index contributed by atoms with van der Waals surface area (Å²) >= 11 is 0. The van der Waals surface area contributed by atoms with Crippen molar-refractivity contribution >= 4 is 11.7 Å². The first-order chi connectivity index (χ1) is 13.1. The number of carbonyl (C=O) groups is 1. The van der Waals surface area contributed by atoms with Crippen molar-refractivity contribution in [1.29, 1.82) is 0 Å². The highest BCUT2D eigenvalue weighted by atomic mass is 16.5. The maximum Gasteiger partial charge on any atom is 0.226 e. The summed E-state index contributed by atoms with van der Waals surface area (Å²) in [6.45, 7) is 2.04. The van der Waals surface area contributed by atoms with Crippen LogP contribution in [0, 0.1) is 6.92 Å². The van der Waals surface area contributed by atoms with E-state index in [1.165, 1.54) is 5.56 Å². The summed E-state index contributed by atoms with van der Waals surface area (Å²) in [6, 6.07) is 13.8. The van der Waals surface area contributed by atoms with Crippen molar-refractivity contribution in [2.24, 2.45) is 0 Å². The van der Waals surface area contributed by atoms with Gasteiger partial charge in [0.05, 0.1) is 26.1 Å². The fourth-order valence-corrected chi connectivity index (χ4v) is 3.47. The average Bonchev–Trinajstić information content (AvgIpc) is 3.11. The molecule has 0 fully saturated rings. The zero-order chi connectivity index (χ0) is 19.0. The van der Waals surface area contributed by atoms with Crippen LogP contribution in [0.1, 0.15) is 29.0 Å². The molecule has 4 rings (SSSR count). The number of ether oxygens (including phenoxy) is 2. The maximum absolute atomic E-state index is 12.4. The molecular formula is C21H21N3O3. The fraction of sp³-hybridized carbons (Fsp3) is 0.238. The molecule has 0 radical (unpaired) electrons. The predicted octanol–water partition coefficient (Wildman–Crippen LogP) is 3.67. The van der Waals surface area contributed by atoms with Crippen LogP contribution < -0.4 is 14.8 Å². The molecule has 1 N–H and O–H groups in total. The number of fused-ring (bicyclic) bond motifs is 1. The Morgan fingerprint density at radius 1 is 1.07 bits per heavy atom. The standard InChI is InChI=1S/C21H21N3O3/c1-13-4-7-15(8-5-13)24-21-17(12-22-24)16(11-20(25)23-21)14-6-9-18(26-2)19(10-14)27-3/h4-10,12,16H,11H2,1-3H3,(H,23,25)/t16-/m1/s1. The second-order valence-corrected chi connectivity index (χ2v) is 6.62. The normalized spacial score (nSPS) is 15.8. The van der Waals surface area contributed by atoms with Crippen molar-refractivity contribution in [2.75, 3.05) is 19.5 Å². The summed E-state index contributed by atoms with van der Waals surface area (Å²) < 4.78 is 12.5. The number of methoxy groups -OCH3 is 2. The molecule has 1 amide bonds. The highest BCUT2D eigenvalue weighted by Crippen LogP contribution is 2.40. The van der Waals surface area contributed by atoms with Gasteiger partial charge in [0.2, 0.25) is 5.91 Å². The van der Waals surface area contributed by atoms with Gasteiger partial charge in [0, 0.05) is 17.9 Å². The van der Waals surface area contributed by atoms with Gasteiger partial charge < -0.3 is 14.8 Å². The number of nitrogens with one attached hydrogen (secondary N) is 1. The topological polar surface area (TPSA) is 65.4 Å². The second-order valence-electron chi connectivity index (χ2n) is 6.62. The van der Waals surface area contributed by atoms with Crippen molar-refractivity contribution in [3.8, 4) is 17.2 Å². The van der Waals surface area contributed by atoms with Crippen LogP contribution in [0.3, 0.4) is 0 Å². The molecule has 1 atom stereocenters. The van der Waals surface area contributed by atoms with E-state index < -0.39 is 0 Å². The monoisotopic (exact) mass is 363 g/mol. The predicted molar refractivity (Wildman–Crippen MR) is 103 cm³/mol. The van der Waals surface area contributed by atoms with E-state index in [2.05, 4.69) is 10.4 Å². The van der Waals surface area contributed by atoms with Crippen LogP contribution >= 0.6 is 0 Å². The third kappa shape index (κ3) is 3.03. The van der Waals surface area contributed by atoms with Crippen molar-refractivity contribution < 1.29 is 14.3 Å². The Kier molecular flexibility index (Phi) is 4.32. The largest absolute Gasteiger partial charge is 0.493 e. The third-order valence-electron chi connectivity index (χ3n) is 4.91. The minimum Gasteiger partial charge on any atom is -0.493 e. The number of carbonyl (C=O) groups excluding carboxylic acids is 1. The Balaban J connectivity index is 1.78. The van der Waals surface area contributed by atoms with Gasteiger partial charge >= 0.3 is 0 Å². The lowest BCUT2D eigenvalue weighted by Crippen LogP contribution is -2.24. The molecule has 0 bridgehead atoms. The highest BCUT2D eigenvalue weighted by Gasteiger charge is 2.30. The molecule has 1 aromatic heterocycles. The van der Waals surface area contributed by atoms with Gasteiger partial charge in [-0.05, 0) is 36.8 Å². The van der Waals surface area contributed by atoms with Crippen LogP contribution in [-0.2, 0) is 4.79 Å². The first-order valence-corrected chi connectivity index (χ1v) is 8.77. The molecule has 2 aromatic carbocycles. The Morgan fingerprint density at radius 3 is 2.52 bits per heavy atom. The first kappa shape index (κ1) is 17.1. The van der Waals surface area contributed by atoms with Crippen molar-refractivity contribution in [3.05, 3.63) is 65.4 Å². The summed E-state index contributed by atoms with van der Waals surface area (Å²) in [4.78, 5) is 12.4. The van der Waals surface area contributed by atoms with Crippen molar-refractivity contribution in [2.45, 2.75) is 19.3 Å². The quantitative estimate of drug-likeness (QED) is 0.768. The van der Waals surface area contributed by atoms with E-state index in [1.54, 1.807) is 18.9 Å². The Labute approximate surface area is 157 Å². The van der Waals surface area contributed by atoms with Crippen molar-refractivity contribution in [3.63, 3.8) is 0 Å². The number of nitrogens with zero attached hydrogens (tertiary/aromatic N) is 2. The third-order valence-corrected chi connectivity index (χ3v) is 4.91. The molecule has 0 saturated heterocycles. The second kappa shape index (κ2) is 6.79. The average molecular weight is 363 g/mol. The Hall–Kier alpha value is -3.28. The number of rotatable bonds is 4. The zero-order valence-electron chi connectivity index (χ0n) is 15.5. The van der Waals surface area contributed by atoms with Gasteiger partial charge in [-0.2, -0.15) is 5.10 Å². The van der Waals surface area contributed by atoms with Gasteiger partial charge in [-0.15, -0.1) is 0 Å². The van der Waals surface area contributed by atoms with Crippen LogP contribution in [-0.4, -0.2) is 29.9 Å². The number of aryl methyl sites for hydroxylation is 1. The number of hydrogen-bond acceptors (Lipinski definition) is 4. The van der Waals surface area contributed by atoms with Gasteiger partial charge in [-0.25, -0.2) is 4.68 Å². The minimum absolute atomic E-state index is 0.0313. The maximum atomic E-state index is 12.4. The smallest absolute Gasteiger partial charge is 0.226 e. The van der Waals surface area contributed by atoms with E-state index in [9.17, 15) is 4.79 Å². The van der Waals surface area contributed by atoms with Gasteiger partial charge in [0.15, 0.2) is 11.5 Å². The lowest BCUT2D eigenvalue weighted by Gasteiger charge is -2.24. The minimum atomic E-state index is -0.0900. The van der Waals surface area contributed by atoms with Gasteiger partial charge in [0.1, 0.15) is 5.82 Å². The number of amides is 1. The highest BCUT2D eigenvalue weighted by molar-refractivity contribution is 5.94. The van der Waals surface area contributed by atoms with E-state index in [0.29, 0.717) is 17.9 Å². The Morgan fingerprint density at radius 2 is 1.81 bits per heavy atom. The van der Waals surface area contributed by atoms with Gasteiger partial charge in [-0.1, -0.05) is 23.8 Å². The zero-order valence-corrected chi connectivity index (χ0v) is 15.5. The molecule has 0 aliphatic carbocycles. The summed E-state index contributed by atoms with van der Waals surface area (Å²) in [6.07, 6.45) is 2.19. The lowest BCUT2D eigenvalue weighted by molar-refractivity contribution is -0.116. The van der Waals surface area contributed by atoms with Crippen molar-refractivity contribution in [1.82, 2.24) is 9.78 Å². The summed E-state index contributed by atoms with van der Waals surface area (Å²) in [5.74, 6) is 1.91. The molecule has 6 nitrogen and oxygen atoms in total. The molecule has 6 heteroatoms. The molecular weight excluding hydrogens is 342 g/mol. The van der Waals surface area contributed by atoms with E-state index >= 15 is 0 Å². The number of anilines is 1. The SMILES string of the molecule is COc1ccc([C@H]2CC(=O)Nc3c2cnn3-c2ccc(C)cc2)cc1OC. The van der Waals surface area contributed by atoms with E-state index in [0.717, 1.165) is 22.6 Å². The first-order valence-electron chi connectivity index (χ1n) is 8.77. The van der Waals surface area contributed by atoms with Crippen LogP contribution in [0.4, 0.5) is 5.82 Å². The molecule has 0 unspecified atom stereocenters. The molecule has 27 heavy (non-hydrogen) atoms. The molecule has 2 heterocycles. The molecule has 0 saturated carbocycles. The van der Waals surface area contributed by atoms with Crippen LogP contribution in [0.5, 0.6) is 11.5 Å². The molecule has 1 aliphatic rings. The summed E-state index contributed by atoms with van der Waals surface area (Å²) in [5.41, 5.74) is 4.07. The number of benzene rings is 2. The molecule has 0 spiro atoms. The summed E-state index contributed by atoms with van der Waals surface area (Å²) in [5, 5.41) is 7.51. The van der Waals surface area contributed by atoms with E-state index in [1.807, 2.05) is 55.6 Å². The van der Waals surface area contributed by atoms with Crippen LogP contribution in [0.15, 0.2) is 48.7 Å². The van der Waals surface area contributed by atoms with Crippen LogP contribution in [0.2, 0.25) is 0 Å². The molecule has 3 aromatic rings. The fourth-order valence-electron chi connectivity index (χ4n) is 3.47. The van der Waals surface area contributed by atoms with E-state index in [4.69, 9.17) is 9.47 Å². The summed E-state index contributed by atoms with van der Waals surface area (Å²) in [7, 11) is 3.21. The number of hydrogen-bond donors (Lipinski definition) is 1. The number of aromatic nitrogens is 2. The van der Waals surface area contributed by atoms with E-state index in [-0.39, 0.29) is 11.8 Å². The van der Waals surface area contributed by atoms with Gasteiger partial charge in [-0.3, -0.25) is 4.79 Å². The molecule has 1 aliphatic heterocycles.